The van der Waals surface area contributed by atoms with Crippen molar-refractivity contribution in [1.82, 2.24) is 4.90 Å². The Morgan fingerprint density at radius 1 is 1.47 bits per heavy atom. The van der Waals surface area contributed by atoms with Crippen LogP contribution in [0.3, 0.4) is 0 Å². The smallest absolute Gasteiger partial charge is 0.322 e. The minimum absolute atomic E-state index is 0.0331. The molecular formula is C14H22N2O3. The quantitative estimate of drug-likeness (QED) is 0.859. The Hall–Kier alpha value is -1.75. The fourth-order valence-corrected chi connectivity index (χ4v) is 1.79. The number of aryl methyl sites for hydroxylation is 1. The number of nitrogens with one attached hydrogen (secondary N) is 1. The summed E-state index contributed by atoms with van der Waals surface area (Å²) in [5.74, 6) is 0.756. The predicted octanol–water partition coefficient (Wildman–Crippen LogP) is 2.24. The lowest BCUT2D eigenvalue weighted by molar-refractivity contribution is 0.172. The standard InChI is InChI=1S/C14H22N2O3/c1-10(2)16(7-8-17)14(18)15-13-6-5-12(19-4)9-11(13)3/h5-6,9-10,17H,7-8H2,1-4H3,(H,15,18). The number of anilines is 1. The molecule has 0 radical (unpaired) electrons. The Balaban J connectivity index is 2.80. The normalized spacial score (nSPS) is 10.4. The zero-order valence-electron chi connectivity index (χ0n) is 11.9. The van der Waals surface area contributed by atoms with E-state index in [2.05, 4.69) is 5.32 Å². The van der Waals surface area contributed by atoms with Gasteiger partial charge in [-0.1, -0.05) is 0 Å². The molecule has 0 fully saturated rings. The number of hydrogen-bond acceptors (Lipinski definition) is 3. The first kappa shape index (κ1) is 15.3. The maximum Gasteiger partial charge on any atom is 0.322 e. The number of carbonyl (C=O) groups is 1. The van der Waals surface area contributed by atoms with Crippen molar-refractivity contribution < 1.29 is 14.6 Å². The first-order valence-corrected chi connectivity index (χ1v) is 6.32. The number of ether oxygens (including phenoxy) is 1. The van der Waals surface area contributed by atoms with Crippen molar-refractivity contribution in [2.75, 3.05) is 25.6 Å². The Morgan fingerprint density at radius 2 is 2.16 bits per heavy atom. The molecule has 1 aromatic carbocycles. The number of urea groups is 1. The van der Waals surface area contributed by atoms with E-state index in [4.69, 9.17) is 9.84 Å². The van der Waals surface area contributed by atoms with Crippen LogP contribution in [0.5, 0.6) is 5.75 Å². The topological polar surface area (TPSA) is 61.8 Å². The van der Waals surface area contributed by atoms with E-state index >= 15 is 0 Å². The molecule has 1 aromatic rings. The van der Waals surface area contributed by atoms with Crippen molar-refractivity contribution in [3.63, 3.8) is 0 Å². The SMILES string of the molecule is COc1ccc(NC(=O)N(CCO)C(C)C)c(C)c1. The van der Waals surface area contributed by atoms with Gasteiger partial charge in [0.1, 0.15) is 5.75 Å². The molecule has 0 unspecified atom stereocenters. The Bertz CT molecular complexity index is 433. The lowest BCUT2D eigenvalue weighted by Crippen LogP contribution is -2.41. The Kier molecular flexibility index (Phi) is 5.63. The van der Waals surface area contributed by atoms with Crippen LogP contribution in [0, 0.1) is 6.92 Å². The number of aliphatic hydroxyl groups is 1. The van der Waals surface area contributed by atoms with Crippen molar-refractivity contribution in [3.8, 4) is 5.75 Å². The average Bonchev–Trinajstić information content (AvgIpc) is 2.37. The van der Waals surface area contributed by atoms with Gasteiger partial charge in [0.25, 0.3) is 0 Å². The number of rotatable bonds is 5. The highest BCUT2D eigenvalue weighted by atomic mass is 16.5. The van der Waals surface area contributed by atoms with E-state index in [-0.39, 0.29) is 18.7 Å². The largest absolute Gasteiger partial charge is 0.497 e. The molecule has 0 aromatic heterocycles. The highest BCUT2D eigenvalue weighted by Crippen LogP contribution is 2.21. The third kappa shape index (κ3) is 4.13. The molecule has 5 heteroatoms. The maximum absolute atomic E-state index is 12.1. The van der Waals surface area contributed by atoms with Gasteiger partial charge in [-0.05, 0) is 44.5 Å². The summed E-state index contributed by atoms with van der Waals surface area (Å²) >= 11 is 0. The number of carbonyl (C=O) groups excluding carboxylic acids is 1. The first-order valence-electron chi connectivity index (χ1n) is 6.32. The molecule has 106 valence electrons. The molecule has 1 rings (SSSR count). The van der Waals surface area contributed by atoms with Crippen LogP contribution in [0.15, 0.2) is 18.2 Å². The van der Waals surface area contributed by atoms with Crippen LogP contribution < -0.4 is 10.1 Å². The van der Waals surface area contributed by atoms with E-state index in [1.807, 2.05) is 32.9 Å². The summed E-state index contributed by atoms with van der Waals surface area (Å²) in [4.78, 5) is 13.7. The van der Waals surface area contributed by atoms with E-state index in [9.17, 15) is 4.79 Å². The molecule has 0 aliphatic rings. The van der Waals surface area contributed by atoms with Gasteiger partial charge in [0.2, 0.25) is 0 Å². The average molecular weight is 266 g/mol. The van der Waals surface area contributed by atoms with Gasteiger partial charge in [0.05, 0.1) is 13.7 Å². The highest BCUT2D eigenvalue weighted by molar-refractivity contribution is 5.90. The minimum Gasteiger partial charge on any atom is -0.497 e. The van der Waals surface area contributed by atoms with Gasteiger partial charge >= 0.3 is 6.03 Å². The monoisotopic (exact) mass is 266 g/mol. The summed E-state index contributed by atoms with van der Waals surface area (Å²) in [6, 6.07) is 5.29. The summed E-state index contributed by atoms with van der Waals surface area (Å²) in [5.41, 5.74) is 1.68. The van der Waals surface area contributed by atoms with Crippen LogP contribution >= 0.6 is 0 Å². The summed E-state index contributed by atoms with van der Waals surface area (Å²) < 4.78 is 5.12. The number of methoxy groups -OCH3 is 1. The van der Waals surface area contributed by atoms with Crippen LogP contribution in [-0.4, -0.2) is 42.3 Å². The number of amides is 2. The molecule has 0 aliphatic carbocycles. The number of benzene rings is 1. The predicted molar refractivity (Wildman–Crippen MR) is 75.7 cm³/mol. The molecule has 2 N–H and O–H groups in total. The van der Waals surface area contributed by atoms with Gasteiger partial charge in [-0.3, -0.25) is 0 Å². The fraction of sp³-hybridized carbons (Fsp3) is 0.500. The Morgan fingerprint density at radius 3 is 2.63 bits per heavy atom. The summed E-state index contributed by atoms with van der Waals surface area (Å²) in [6.07, 6.45) is 0. The third-order valence-electron chi connectivity index (χ3n) is 2.90. The first-order chi connectivity index (χ1) is 8.99. The molecule has 0 saturated heterocycles. The van der Waals surface area contributed by atoms with Gasteiger partial charge in [-0.25, -0.2) is 4.79 Å². The molecular weight excluding hydrogens is 244 g/mol. The van der Waals surface area contributed by atoms with Crippen LogP contribution in [0.1, 0.15) is 19.4 Å². The van der Waals surface area contributed by atoms with Crippen LogP contribution in [0.4, 0.5) is 10.5 Å². The second-order valence-electron chi connectivity index (χ2n) is 4.62. The summed E-state index contributed by atoms with van der Waals surface area (Å²) in [5, 5.41) is 11.8. The second kappa shape index (κ2) is 6.99. The Labute approximate surface area is 114 Å². The van der Waals surface area contributed by atoms with Gasteiger partial charge in [-0.2, -0.15) is 0 Å². The maximum atomic E-state index is 12.1. The lowest BCUT2D eigenvalue weighted by Gasteiger charge is -2.26. The van der Waals surface area contributed by atoms with Crippen molar-refractivity contribution in [2.45, 2.75) is 26.8 Å². The molecule has 2 amide bonds. The van der Waals surface area contributed by atoms with Crippen LogP contribution in [-0.2, 0) is 0 Å². The van der Waals surface area contributed by atoms with E-state index in [0.29, 0.717) is 6.54 Å². The zero-order chi connectivity index (χ0) is 14.4. The van der Waals surface area contributed by atoms with E-state index in [1.54, 1.807) is 18.1 Å². The van der Waals surface area contributed by atoms with E-state index in [1.165, 1.54) is 0 Å². The number of aliphatic hydroxyl groups excluding tert-OH is 1. The molecule has 0 aliphatic heterocycles. The van der Waals surface area contributed by atoms with Crippen molar-refractivity contribution in [2.24, 2.45) is 0 Å². The molecule has 0 saturated carbocycles. The summed E-state index contributed by atoms with van der Waals surface area (Å²) in [6.45, 7) is 6.00. The van der Waals surface area contributed by atoms with Crippen molar-refractivity contribution in [1.29, 1.82) is 0 Å². The molecule has 19 heavy (non-hydrogen) atoms. The molecule has 0 atom stereocenters. The summed E-state index contributed by atoms with van der Waals surface area (Å²) in [7, 11) is 1.61. The van der Waals surface area contributed by atoms with Gasteiger partial charge in [0.15, 0.2) is 0 Å². The van der Waals surface area contributed by atoms with E-state index < -0.39 is 0 Å². The third-order valence-corrected chi connectivity index (χ3v) is 2.90. The van der Waals surface area contributed by atoms with Crippen molar-refractivity contribution in [3.05, 3.63) is 23.8 Å². The molecule has 0 spiro atoms. The molecule has 0 heterocycles. The second-order valence-corrected chi connectivity index (χ2v) is 4.62. The van der Waals surface area contributed by atoms with Crippen molar-refractivity contribution >= 4 is 11.7 Å². The molecule has 0 bridgehead atoms. The zero-order valence-corrected chi connectivity index (χ0v) is 11.9. The van der Waals surface area contributed by atoms with Gasteiger partial charge in [0, 0.05) is 18.3 Å². The van der Waals surface area contributed by atoms with E-state index in [0.717, 1.165) is 17.0 Å². The van der Waals surface area contributed by atoms with Crippen LogP contribution in [0.25, 0.3) is 0 Å². The fourth-order valence-electron chi connectivity index (χ4n) is 1.79. The van der Waals surface area contributed by atoms with Crippen LogP contribution in [0.2, 0.25) is 0 Å². The lowest BCUT2D eigenvalue weighted by atomic mass is 10.2. The van der Waals surface area contributed by atoms with Gasteiger partial charge < -0.3 is 20.1 Å². The highest BCUT2D eigenvalue weighted by Gasteiger charge is 2.16. The molecule has 5 nitrogen and oxygen atoms in total. The minimum atomic E-state index is -0.211. The number of nitrogens with zero attached hydrogens (tertiary/aromatic N) is 1. The van der Waals surface area contributed by atoms with Gasteiger partial charge in [-0.15, -0.1) is 0 Å². The number of hydrogen-bond donors (Lipinski definition) is 2.